The lowest BCUT2D eigenvalue weighted by atomic mass is 10.1. The Morgan fingerprint density at radius 1 is 1.45 bits per heavy atom. The molecule has 2 N–H and O–H groups in total. The Morgan fingerprint density at radius 2 is 2.20 bits per heavy atom. The van der Waals surface area contributed by atoms with Crippen molar-refractivity contribution in [3.05, 3.63) is 34.6 Å². The van der Waals surface area contributed by atoms with Crippen LogP contribution in [0.2, 0.25) is 5.02 Å². The second-order valence-corrected chi connectivity index (χ2v) is 4.85. The molecule has 0 spiro atoms. The molecular weight excluding hydrogens is 283 g/mol. The maximum absolute atomic E-state index is 13.3. The number of ether oxygens (including phenoxy) is 1. The molecule has 0 aliphatic rings. The maximum atomic E-state index is 13.3. The fraction of sp³-hybridized carbons (Fsp3) is 0.500. The number of nitrogens with one attached hydrogen (secondary N) is 2. The van der Waals surface area contributed by atoms with Gasteiger partial charge in [-0.3, -0.25) is 4.79 Å². The number of halogens is 2. The second-order valence-electron chi connectivity index (χ2n) is 4.44. The summed E-state index contributed by atoms with van der Waals surface area (Å²) < 4.78 is 18.2. The largest absolute Gasteiger partial charge is 0.383 e. The van der Waals surface area contributed by atoms with Crippen LogP contribution in [0.3, 0.4) is 0 Å². The quantitative estimate of drug-likeness (QED) is 0.724. The molecule has 0 heterocycles. The van der Waals surface area contributed by atoms with E-state index in [0.29, 0.717) is 26.1 Å². The zero-order valence-electron chi connectivity index (χ0n) is 11.7. The summed E-state index contributed by atoms with van der Waals surface area (Å²) in [6.45, 7) is 3.43. The monoisotopic (exact) mass is 302 g/mol. The lowest BCUT2D eigenvalue weighted by Crippen LogP contribution is -2.30. The highest BCUT2D eigenvalue weighted by Crippen LogP contribution is 2.19. The van der Waals surface area contributed by atoms with Crippen molar-refractivity contribution in [1.29, 1.82) is 0 Å². The molecule has 0 aromatic heterocycles. The summed E-state index contributed by atoms with van der Waals surface area (Å²) in [4.78, 5) is 11.5. The van der Waals surface area contributed by atoms with E-state index in [1.54, 1.807) is 13.2 Å². The molecular formula is C14H20ClFN2O2. The van der Waals surface area contributed by atoms with Crippen LogP contribution in [-0.2, 0) is 9.53 Å². The molecule has 0 aliphatic heterocycles. The molecule has 1 rings (SSSR count). The lowest BCUT2D eigenvalue weighted by Gasteiger charge is -2.14. The number of carbonyl (C=O) groups is 1. The summed E-state index contributed by atoms with van der Waals surface area (Å²) in [5.74, 6) is -0.473. The molecule has 0 aliphatic carbocycles. The van der Waals surface area contributed by atoms with Crippen molar-refractivity contribution in [2.24, 2.45) is 0 Å². The average Bonchev–Trinajstić information content (AvgIpc) is 2.42. The van der Waals surface area contributed by atoms with Crippen molar-refractivity contribution >= 4 is 17.5 Å². The number of amides is 1. The van der Waals surface area contributed by atoms with E-state index in [0.717, 1.165) is 5.56 Å². The van der Waals surface area contributed by atoms with Gasteiger partial charge in [-0.05, 0) is 24.6 Å². The molecule has 20 heavy (non-hydrogen) atoms. The third-order valence-corrected chi connectivity index (χ3v) is 3.18. The van der Waals surface area contributed by atoms with Crippen molar-refractivity contribution in [2.75, 3.05) is 26.8 Å². The van der Waals surface area contributed by atoms with Gasteiger partial charge in [0.1, 0.15) is 5.82 Å². The van der Waals surface area contributed by atoms with Gasteiger partial charge in [0.25, 0.3) is 0 Å². The van der Waals surface area contributed by atoms with E-state index in [4.69, 9.17) is 16.3 Å². The second kappa shape index (κ2) is 8.89. The third kappa shape index (κ3) is 5.86. The van der Waals surface area contributed by atoms with Gasteiger partial charge in [0, 0.05) is 32.7 Å². The summed E-state index contributed by atoms with van der Waals surface area (Å²) in [5, 5.41) is 6.01. The molecule has 1 aromatic carbocycles. The number of hydrogen-bond donors (Lipinski definition) is 2. The van der Waals surface area contributed by atoms with Gasteiger partial charge < -0.3 is 15.4 Å². The highest BCUT2D eigenvalue weighted by atomic mass is 35.5. The van der Waals surface area contributed by atoms with Crippen molar-refractivity contribution in [2.45, 2.75) is 19.4 Å². The van der Waals surface area contributed by atoms with Gasteiger partial charge in [-0.15, -0.1) is 0 Å². The summed E-state index contributed by atoms with van der Waals surface area (Å²) in [5.41, 5.74) is 0.798. The normalized spacial score (nSPS) is 12.2. The minimum atomic E-state index is -0.435. The van der Waals surface area contributed by atoms with Crippen LogP contribution >= 0.6 is 11.6 Å². The standard InChI is InChI=1S/C14H20ClFN2O2/c1-10(11-3-4-12(15)13(16)9-11)17-6-5-14(19)18-7-8-20-2/h3-4,9-10,17H,5-8H2,1-2H3,(H,18,19). The van der Waals surface area contributed by atoms with Crippen LogP contribution in [-0.4, -0.2) is 32.7 Å². The maximum Gasteiger partial charge on any atom is 0.221 e. The van der Waals surface area contributed by atoms with Crippen molar-refractivity contribution in [1.82, 2.24) is 10.6 Å². The zero-order valence-corrected chi connectivity index (χ0v) is 12.5. The SMILES string of the molecule is COCCNC(=O)CCNC(C)c1ccc(Cl)c(F)c1. The van der Waals surface area contributed by atoms with Crippen LogP contribution in [0.1, 0.15) is 24.9 Å². The molecule has 0 radical (unpaired) electrons. The molecule has 0 bridgehead atoms. The van der Waals surface area contributed by atoms with Gasteiger partial charge >= 0.3 is 0 Å². The van der Waals surface area contributed by atoms with Crippen LogP contribution in [0.4, 0.5) is 4.39 Å². The van der Waals surface area contributed by atoms with Crippen molar-refractivity contribution in [3.8, 4) is 0 Å². The van der Waals surface area contributed by atoms with E-state index >= 15 is 0 Å². The minimum absolute atomic E-state index is 0.0379. The van der Waals surface area contributed by atoms with Crippen LogP contribution in [0.15, 0.2) is 18.2 Å². The average molecular weight is 303 g/mol. The molecule has 0 saturated carbocycles. The number of benzene rings is 1. The first kappa shape index (κ1) is 16.9. The molecule has 0 fully saturated rings. The Labute approximate surface area is 123 Å². The van der Waals surface area contributed by atoms with Gasteiger partial charge in [0.15, 0.2) is 0 Å². The van der Waals surface area contributed by atoms with Gasteiger partial charge in [-0.25, -0.2) is 4.39 Å². The highest BCUT2D eigenvalue weighted by molar-refractivity contribution is 6.30. The van der Waals surface area contributed by atoms with Crippen molar-refractivity contribution < 1.29 is 13.9 Å². The smallest absolute Gasteiger partial charge is 0.221 e. The third-order valence-electron chi connectivity index (χ3n) is 2.87. The number of methoxy groups -OCH3 is 1. The predicted octanol–water partition coefficient (Wildman–Crippen LogP) is 2.28. The van der Waals surface area contributed by atoms with E-state index in [-0.39, 0.29) is 17.0 Å². The molecule has 4 nitrogen and oxygen atoms in total. The summed E-state index contributed by atoms with van der Waals surface area (Å²) in [6.07, 6.45) is 0.365. The van der Waals surface area contributed by atoms with Crippen LogP contribution in [0.5, 0.6) is 0 Å². The first-order valence-corrected chi connectivity index (χ1v) is 6.86. The number of rotatable bonds is 8. The van der Waals surface area contributed by atoms with E-state index in [9.17, 15) is 9.18 Å². The first-order chi connectivity index (χ1) is 9.54. The van der Waals surface area contributed by atoms with Gasteiger partial charge in [-0.2, -0.15) is 0 Å². The lowest BCUT2D eigenvalue weighted by molar-refractivity contribution is -0.121. The zero-order chi connectivity index (χ0) is 15.0. The van der Waals surface area contributed by atoms with Gasteiger partial charge in [-0.1, -0.05) is 17.7 Å². The van der Waals surface area contributed by atoms with Crippen LogP contribution in [0, 0.1) is 5.82 Å². The molecule has 0 saturated heterocycles. The van der Waals surface area contributed by atoms with Crippen LogP contribution < -0.4 is 10.6 Å². The molecule has 1 atom stereocenters. The Kier molecular flexibility index (Phi) is 7.51. The van der Waals surface area contributed by atoms with Gasteiger partial charge in [0.05, 0.1) is 11.6 Å². The van der Waals surface area contributed by atoms with Crippen LogP contribution in [0.25, 0.3) is 0 Å². The van der Waals surface area contributed by atoms with E-state index in [2.05, 4.69) is 10.6 Å². The predicted molar refractivity (Wildman–Crippen MR) is 77.3 cm³/mol. The highest BCUT2D eigenvalue weighted by Gasteiger charge is 2.08. The fourth-order valence-corrected chi connectivity index (χ4v) is 1.80. The molecule has 112 valence electrons. The van der Waals surface area contributed by atoms with E-state index < -0.39 is 5.82 Å². The van der Waals surface area contributed by atoms with E-state index in [1.807, 2.05) is 6.92 Å². The Morgan fingerprint density at radius 3 is 2.85 bits per heavy atom. The topological polar surface area (TPSA) is 50.4 Å². The molecule has 1 unspecified atom stereocenters. The molecule has 1 amide bonds. The summed E-state index contributed by atoms with van der Waals surface area (Å²) in [6, 6.07) is 4.65. The molecule has 6 heteroatoms. The minimum Gasteiger partial charge on any atom is -0.383 e. The fourth-order valence-electron chi connectivity index (χ4n) is 1.68. The summed E-state index contributed by atoms with van der Waals surface area (Å²) in [7, 11) is 1.58. The Balaban J connectivity index is 2.30. The number of hydrogen-bond acceptors (Lipinski definition) is 3. The first-order valence-electron chi connectivity index (χ1n) is 6.48. The van der Waals surface area contributed by atoms with Crippen molar-refractivity contribution in [3.63, 3.8) is 0 Å². The Hall–Kier alpha value is -1.17. The van der Waals surface area contributed by atoms with Gasteiger partial charge in [0.2, 0.25) is 5.91 Å². The Bertz CT molecular complexity index is 443. The number of carbonyl (C=O) groups excluding carboxylic acids is 1. The van der Waals surface area contributed by atoms with E-state index in [1.165, 1.54) is 12.1 Å². The summed E-state index contributed by atoms with van der Waals surface area (Å²) >= 11 is 5.63. The molecule has 1 aromatic rings.